The molecule has 2 amide bonds. The Morgan fingerprint density at radius 3 is 2.25 bits per heavy atom. The Bertz CT molecular complexity index is 297. The van der Waals surface area contributed by atoms with E-state index in [0.29, 0.717) is 18.9 Å². The largest absolute Gasteiger partial charge is 0.315 e. The third kappa shape index (κ3) is 2.43. The number of hydrogen-bond donors (Lipinski definition) is 1. The first-order chi connectivity index (χ1) is 7.29. The summed E-state index contributed by atoms with van der Waals surface area (Å²) in [6.07, 6.45) is 0.334. The topological polar surface area (TPSA) is 49.4 Å². The molecule has 1 atom stereocenters. The molecule has 1 aliphatic rings. The van der Waals surface area contributed by atoms with Crippen molar-refractivity contribution < 1.29 is 9.59 Å². The van der Waals surface area contributed by atoms with Crippen LogP contribution in [0.15, 0.2) is 0 Å². The number of rotatable bonds is 4. The minimum absolute atomic E-state index is 0.0431. The summed E-state index contributed by atoms with van der Waals surface area (Å²) in [5, 5.41) is 3.15. The summed E-state index contributed by atoms with van der Waals surface area (Å²) in [6, 6.07) is 0.168. The number of hydrogen-bond acceptors (Lipinski definition) is 3. The highest BCUT2D eigenvalue weighted by Gasteiger charge is 2.45. The van der Waals surface area contributed by atoms with Crippen molar-refractivity contribution in [2.24, 2.45) is 11.3 Å². The quantitative estimate of drug-likeness (QED) is 0.728. The van der Waals surface area contributed by atoms with Gasteiger partial charge in [0.15, 0.2) is 0 Å². The lowest BCUT2D eigenvalue weighted by Gasteiger charge is -2.26. The van der Waals surface area contributed by atoms with Gasteiger partial charge in [-0.25, -0.2) is 0 Å². The molecule has 92 valence electrons. The smallest absolute Gasteiger partial charge is 0.235 e. The van der Waals surface area contributed by atoms with E-state index in [-0.39, 0.29) is 17.9 Å². The molecular weight excluding hydrogens is 204 g/mol. The predicted molar refractivity (Wildman–Crippen MR) is 62.8 cm³/mol. The Kier molecular flexibility index (Phi) is 3.73. The highest BCUT2D eigenvalue weighted by molar-refractivity contribution is 6.05. The standard InChI is InChI=1S/C12H22N2O2/c1-8(2)9(13-5)7-14-10(15)6-12(3,4)11(14)16/h8-9,13H,6-7H2,1-5H3. The molecule has 0 aromatic heterocycles. The van der Waals surface area contributed by atoms with E-state index < -0.39 is 5.41 Å². The van der Waals surface area contributed by atoms with Crippen molar-refractivity contribution in [2.75, 3.05) is 13.6 Å². The molecule has 16 heavy (non-hydrogen) atoms. The Balaban J connectivity index is 2.75. The predicted octanol–water partition coefficient (Wildman–Crippen LogP) is 1.02. The van der Waals surface area contributed by atoms with Crippen LogP contribution in [0.2, 0.25) is 0 Å². The molecule has 1 saturated heterocycles. The van der Waals surface area contributed by atoms with Crippen LogP contribution in [0.5, 0.6) is 0 Å². The number of amides is 2. The van der Waals surface area contributed by atoms with Gasteiger partial charge in [0, 0.05) is 19.0 Å². The number of imide groups is 1. The van der Waals surface area contributed by atoms with Crippen LogP contribution in [-0.2, 0) is 9.59 Å². The molecule has 0 saturated carbocycles. The third-order valence-electron chi connectivity index (χ3n) is 3.27. The van der Waals surface area contributed by atoms with Gasteiger partial charge in [-0.15, -0.1) is 0 Å². The van der Waals surface area contributed by atoms with Gasteiger partial charge in [-0.1, -0.05) is 27.7 Å². The maximum absolute atomic E-state index is 12.0. The molecule has 4 nitrogen and oxygen atoms in total. The molecule has 0 spiro atoms. The normalized spacial score (nSPS) is 22.0. The summed E-state index contributed by atoms with van der Waals surface area (Å²) in [5.74, 6) is 0.309. The molecule has 1 heterocycles. The van der Waals surface area contributed by atoms with Crippen LogP contribution in [0, 0.1) is 11.3 Å². The summed E-state index contributed by atoms with van der Waals surface area (Å²) in [7, 11) is 1.86. The fourth-order valence-electron chi connectivity index (χ4n) is 2.04. The van der Waals surface area contributed by atoms with E-state index in [1.165, 1.54) is 4.90 Å². The zero-order valence-electron chi connectivity index (χ0n) is 10.8. The van der Waals surface area contributed by atoms with E-state index >= 15 is 0 Å². The summed E-state index contributed by atoms with van der Waals surface area (Å²) in [5.41, 5.74) is -0.521. The number of carbonyl (C=O) groups is 2. The average Bonchev–Trinajstić information content (AvgIpc) is 2.34. The molecule has 1 fully saturated rings. The fraction of sp³-hybridized carbons (Fsp3) is 0.833. The molecule has 4 heteroatoms. The summed E-state index contributed by atoms with van der Waals surface area (Å²) < 4.78 is 0. The van der Waals surface area contributed by atoms with Crippen molar-refractivity contribution in [3.63, 3.8) is 0 Å². The first kappa shape index (κ1) is 13.2. The Hall–Kier alpha value is -0.900. The van der Waals surface area contributed by atoms with E-state index in [2.05, 4.69) is 19.2 Å². The van der Waals surface area contributed by atoms with Gasteiger partial charge in [-0.05, 0) is 13.0 Å². The average molecular weight is 226 g/mol. The van der Waals surface area contributed by atoms with Crippen LogP contribution in [-0.4, -0.2) is 36.3 Å². The van der Waals surface area contributed by atoms with Gasteiger partial charge in [-0.2, -0.15) is 0 Å². The summed E-state index contributed by atoms with van der Waals surface area (Å²) in [6.45, 7) is 8.30. The first-order valence-corrected chi connectivity index (χ1v) is 5.81. The Morgan fingerprint density at radius 2 is 1.94 bits per heavy atom. The monoisotopic (exact) mass is 226 g/mol. The van der Waals surface area contributed by atoms with Gasteiger partial charge in [0.2, 0.25) is 11.8 Å². The Morgan fingerprint density at radius 1 is 1.38 bits per heavy atom. The second-order valence-corrected chi connectivity index (χ2v) is 5.51. The van der Waals surface area contributed by atoms with Gasteiger partial charge >= 0.3 is 0 Å². The lowest BCUT2D eigenvalue weighted by Crippen LogP contribution is -2.45. The summed E-state index contributed by atoms with van der Waals surface area (Å²) >= 11 is 0. The van der Waals surface area contributed by atoms with E-state index in [9.17, 15) is 9.59 Å². The van der Waals surface area contributed by atoms with Crippen molar-refractivity contribution >= 4 is 11.8 Å². The molecule has 1 unspecified atom stereocenters. The van der Waals surface area contributed by atoms with Crippen LogP contribution >= 0.6 is 0 Å². The molecule has 1 rings (SSSR count). The van der Waals surface area contributed by atoms with Gasteiger partial charge in [-0.3, -0.25) is 14.5 Å². The molecule has 0 radical (unpaired) electrons. The van der Waals surface area contributed by atoms with Crippen LogP contribution in [0.3, 0.4) is 0 Å². The highest BCUT2D eigenvalue weighted by atomic mass is 16.2. The fourth-order valence-corrected chi connectivity index (χ4v) is 2.04. The Labute approximate surface area is 97.4 Å². The van der Waals surface area contributed by atoms with Crippen molar-refractivity contribution in [3.8, 4) is 0 Å². The minimum atomic E-state index is -0.521. The van der Waals surface area contributed by atoms with Gasteiger partial charge in [0.05, 0.1) is 5.41 Å². The van der Waals surface area contributed by atoms with Crippen molar-refractivity contribution in [2.45, 2.75) is 40.2 Å². The van der Waals surface area contributed by atoms with Crippen LogP contribution in [0.25, 0.3) is 0 Å². The summed E-state index contributed by atoms with van der Waals surface area (Å²) in [4.78, 5) is 25.1. The van der Waals surface area contributed by atoms with E-state index in [4.69, 9.17) is 0 Å². The first-order valence-electron chi connectivity index (χ1n) is 5.81. The minimum Gasteiger partial charge on any atom is -0.315 e. The lowest BCUT2D eigenvalue weighted by atomic mass is 9.92. The lowest BCUT2D eigenvalue weighted by molar-refractivity contribution is -0.141. The van der Waals surface area contributed by atoms with Gasteiger partial charge < -0.3 is 5.32 Å². The van der Waals surface area contributed by atoms with Crippen LogP contribution < -0.4 is 5.32 Å². The maximum Gasteiger partial charge on any atom is 0.235 e. The van der Waals surface area contributed by atoms with Crippen molar-refractivity contribution in [1.29, 1.82) is 0 Å². The molecule has 0 aromatic rings. The number of likely N-dealkylation sites (N-methyl/N-ethyl adjacent to an activating group) is 1. The van der Waals surface area contributed by atoms with E-state index in [1.54, 1.807) is 0 Å². The molecule has 0 aliphatic carbocycles. The van der Waals surface area contributed by atoms with Crippen LogP contribution in [0.1, 0.15) is 34.1 Å². The molecule has 1 aliphatic heterocycles. The molecule has 0 aromatic carbocycles. The van der Waals surface area contributed by atoms with E-state index in [0.717, 1.165) is 0 Å². The number of nitrogens with zero attached hydrogens (tertiary/aromatic N) is 1. The van der Waals surface area contributed by atoms with Crippen molar-refractivity contribution in [1.82, 2.24) is 10.2 Å². The van der Waals surface area contributed by atoms with Gasteiger partial charge in [0.1, 0.15) is 0 Å². The second kappa shape index (κ2) is 4.53. The van der Waals surface area contributed by atoms with Crippen molar-refractivity contribution in [3.05, 3.63) is 0 Å². The number of likely N-dealkylation sites (tertiary alicyclic amines) is 1. The van der Waals surface area contributed by atoms with E-state index in [1.807, 2.05) is 20.9 Å². The molecule has 1 N–H and O–H groups in total. The maximum atomic E-state index is 12.0. The zero-order valence-corrected chi connectivity index (χ0v) is 10.8. The number of carbonyl (C=O) groups excluding carboxylic acids is 2. The van der Waals surface area contributed by atoms with Crippen LogP contribution in [0.4, 0.5) is 0 Å². The highest BCUT2D eigenvalue weighted by Crippen LogP contribution is 2.31. The van der Waals surface area contributed by atoms with Gasteiger partial charge in [0.25, 0.3) is 0 Å². The zero-order chi connectivity index (χ0) is 12.5. The SMILES string of the molecule is CNC(CN1C(=O)CC(C)(C)C1=O)C(C)C. The second-order valence-electron chi connectivity index (χ2n) is 5.51. The number of nitrogens with one attached hydrogen (secondary N) is 1. The third-order valence-corrected chi connectivity index (χ3v) is 3.27. The molecular formula is C12H22N2O2. The molecule has 0 bridgehead atoms.